The molecule has 226 valence electrons. The Bertz CT molecular complexity index is 1570. The highest BCUT2D eigenvalue weighted by atomic mass is 16.5. The van der Waals surface area contributed by atoms with Gasteiger partial charge in [0.05, 0.1) is 26.7 Å². The van der Waals surface area contributed by atoms with Crippen LogP contribution >= 0.6 is 0 Å². The first-order valence-electron chi connectivity index (χ1n) is 14.8. The number of esters is 2. The van der Waals surface area contributed by atoms with Gasteiger partial charge in [0.15, 0.2) is 0 Å². The van der Waals surface area contributed by atoms with Crippen molar-refractivity contribution in [2.24, 2.45) is 4.99 Å². The van der Waals surface area contributed by atoms with E-state index in [0.717, 1.165) is 17.7 Å². The molecular weight excluding hydrogens is 548 g/mol. The first kappa shape index (κ1) is 32.1. The van der Waals surface area contributed by atoms with E-state index in [9.17, 15) is 9.59 Å². The zero-order chi connectivity index (χ0) is 31.3. The van der Waals surface area contributed by atoms with Crippen LogP contribution in [0, 0.1) is 0 Å². The summed E-state index contributed by atoms with van der Waals surface area (Å²) < 4.78 is 9.50. The van der Waals surface area contributed by atoms with Gasteiger partial charge >= 0.3 is 11.9 Å². The summed E-state index contributed by atoms with van der Waals surface area (Å²) in [5.74, 6) is -0.531. The van der Waals surface area contributed by atoms with Gasteiger partial charge in [0, 0.05) is 30.9 Å². The van der Waals surface area contributed by atoms with E-state index in [2.05, 4.69) is 83.1 Å². The number of methoxy groups -OCH3 is 2. The van der Waals surface area contributed by atoms with Crippen LogP contribution in [-0.2, 0) is 25.6 Å². The van der Waals surface area contributed by atoms with Crippen LogP contribution in [0.3, 0.4) is 0 Å². The molecule has 0 spiro atoms. The van der Waals surface area contributed by atoms with Crippen LogP contribution in [0.15, 0.2) is 120 Å². The van der Waals surface area contributed by atoms with Crippen LogP contribution in [0.25, 0.3) is 6.08 Å². The summed E-state index contributed by atoms with van der Waals surface area (Å²) in [4.78, 5) is 30.0. The van der Waals surface area contributed by atoms with Gasteiger partial charge in [-0.15, -0.1) is 0 Å². The second-order valence-electron chi connectivity index (χ2n) is 10.6. The van der Waals surface area contributed by atoms with Gasteiger partial charge in [-0.25, -0.2) is 4.79 Å². The number of fused-ring (bicyclic) bond motifs is 1. The van der Waals surface area contributed by atoms with Gasteiger partial charge < -0.3 is 9.47 Å². The fraction of sp³-hybridized carbons (Fsp3) is 0.237. The van der Waals surface area contributed by atoms with E-state index in [-0.39, 0.29) is 30.1 Å². The Balaban J connectivity index is 0.000000201. The molecule has 0 radical (unpaired) electrons. The maximum atomic E-state index is 11.8. The lowest BCUT2D eigenvalue weighted by atomic mass is 10.0. The van der Waals surface area contributed by atoms with Gasteiger partial charge in [-0.05, 0) is 53.3 Å². The third-order valence-electron chi connectivity index (χ3n) is 7.85. The summed E-state index contributed by atoms with van der Waals surface area (Å²) in [5.41, 5.74) is 6.88. The van der Waals surface area contributed by atoms with Gasteiger partial charge in [0.2, 0.25) is 0 Å². The summed E-state index contributed by atoms with van der Waals surface area (Å²) in [6.45, 7) is 5.12. The summed E-state index contributed by atoms with van der Waals surface area (Å²) in [6, 6.07) is 37.1. The lowest BCUT2D eigenvalue weighted by molar-refractivity contribution is -0.142. The Labute approximate surface area is 260 Å². The summed E-state index contributed by atoms with van der Waals surface area (Å²) in [6.07, 6.45) is 5.38. The lowest BCUT2D eigenvalue weighted by Gasteiger charge is -2.31. The maximum absolute atomic E-state index is 11.8. The number of hydrogen-bond acceptors (Lipinski definition) is 6. The van der Waals surface area contributed by atoms with Crippen molar-refractivity contribution in [3.63, 3.8) is 0 Å². The predicted molar refractivity (Wildman–Crippen MR) is 176 cm³/mol. The summed E-state index contributed by atoms with van der Waals surface area (Å²) >= 11 is 0. The minimum Gasteiger partial charge on any atom is -0.469 e. The average molecular weight is 589 g/mol. The molecular formula is C38H40N2O4. The zero-order valence-corrected chi connectivity index (χ0v) is 25.8. The van der Waals surface area contributed by atoms with Crippen LogP contribution in [0.2, 0.25) is 0 Å². The van der Waals surface area contributed by atoms with Gasteiger partial charge in [0.1, 0.15) is 0 Å². The highest BCUT2D eigenvalue weighted by Gasteiger charge is 2.35. The van der Waals surface area contributed by atoms with Gasteiger partial charge in [0.25, 0.3) is 0 Å². The van der Waals surface area contributed by atoms with Crippen LogP contribution in [-0.4, -0.2) is 37.3 Å². The molecule has 1 heterocycles. The topological polar surface area (TPSA) is 68.2 Å². The Morgan fingerprint density at radius 3 is 2.05 bits per heavy atom. The number of ether oxygens (including phenoxy) is 2. The number of nitrogens with zero attached hydrogens (tertiary/aromatic N) is 2. The summed E-state index contributed by atoms with van der Waals surface area (Å²) in [7, 11) is 2.82. The van der Waals surface area contributed by atoms with Crippen LogP contribution in [0.1, 0.15) is 71.8 Å². The predicted octanol–water partition coefficient (Wildman–Crippen LogP) is 7.92. The molecule has 0 fully saturated rings. The number of carbonyl (C=O) groups excluding carboxylic acids is 2. The molecule has 6 heteroatoms. The number of benzene rings is 4. The van der Waals surface area contributed by atoms with E-state index < -0.39 is 0 Å². The van der Waals surface area contributed by atoms with Crippen LogP contribution < -0.4 is 0 Å². The molecule has 0 N–H and O–H groups in total. The summed E-state index contributed by atoms with van der Waals surface area (Å²) in [5, 5.41) is 0. The normalized spacial score (nSPS) is 15.7. The highest BCUT2D eigenvalue weighted by molar-refractivity contribution is 5.91. The highest BCUT2D eigenvalue weighted by Crippen LogP contribution is 2.41. The average Bonchev–Trinajstić information content (AvgIpc) is 3.45. The van der Waals surface area contributed by atoms with Crippen molar-refractivity contribution < 1.29 is 19.1 Å². The number of carbonyl (C=O) groups is 2. The third kappa shape index (κ3) is 8.62. The van der Waals surface area contributed by atoms with Gasteiger partial charge in [-0.3, -0.25) is 14.7 Å². The van der Waals surface area contributed by atoms with Crippen molar-refractivity contribution in [1.29, 1.82) is 0 Å². The Morgan fingerprint density at radius 1 is 0.795 bits per heavy atom. The molecule has 0 bridgehead atoms. The molecule has 4 aromatic rings. The molecule has 0 aromatic heterocycles. The monoisotopic (exact) mass is 588 g/mol. The van der Waals surface area contributed by atoms with Crippen LogP contribution in [0.4, 0.5) is 0 Å². The van der Waals surface area contributed by atoms with E-state index in [4.69, 9.17) is 4.74 Å². The SMILES string of the molecule is COC(=O)/C=C/c1ccccc1C=N[C@H](C)c1ccccc1.COC(=O)CC1c2ccccc2CN1[C@H](C)c1ccccc1. The van der Waals surface area contributed by atoms with Crippen molar-refractivity contribution in [2.75, 3.05) is 14.2 Å². The molecule has 6 nitrogen and oxygen atoms in total. The van der Waals surface area contributed by atoms with Crippen molar-refractivity contribution in [1.82, 2.24) is 4.90 Å². The third-order valence-corrected chi connectivity index (χ3v) is 7.85. The standard InChI is InChI=1S/C19H21NO2.C19H19NO2/c1-14(15-8-4-3-5-9-15)20-13-16-10-6-7-11-17(16)18(20)12-19(21)22-2;1-15(16-8-4-3-5-9-16)20-14-18-11-7-6-10-17(18)12-13-19(21)22-2/h3-11,14,18H,12-13H2,1-2H3;3-15H,1-2H3/b;13-12+,20-14?/t14-,18?;15-/m11/s1. The smallest absolute Gasteiger partial charge is 0.330 e. The maximum Gasteiger partial charge on any atom is 0.330 e. The fourth-order valence-electron chi connectivity index (χ4n) is 5.30. The van der Waals surface area contributed by atoms with Crippen molar-refractivity contribution in [3.8, 4) is 0 Å². The lowest BCUT2D eigenvalue weighted by Crippen LogP contribution is -2.27. The van der Waals surface area contributed by atoms with E-state index in [1.54, 1.807) is 6.08 Å². The number of rotatable bonds is 9. The first-order chi connectivity index (χ1) is 21.4. The molecule has 0 saturated heterocycles. The molecule has 44 heavy (non-hydrogen) atoms. The number of aliphatic imine (C=N–C) groups is 1. The number of hydrogen-bond donors (Lipinski definition) is 0. The zero-order valence-electron chi connectivity index (χ0n) is 25.8. The van der Waals surface area contributed by atoms with Gasteiger partial charge in [-0.2, -0.15) is 0 Å². The van der Waals surface area contributed by atoms with Gasteiger partial charge in [-0.1, -0.05) is 109 Å². The van der Waals surface area contributed by atoms with Crippen molar-refractivity contribution >= 4 is 24.2 Å². The van der Waals surface area contributed by atoms with E-state index in [1.165, 1.54) is 42.5 Å². The first-order valence-corrected chi connectivity index (χ1v) is 14.8. The Morgan fingerprint density at radius 2 is 1.39 bits per heavy atom. The molecule has 1 aliphatic rings. The van der Waals surface area contributed by atoms with E-state index in [0.29, 0.717) is 6.42 Å². The minimum absolute atomic E-state index is 0.0823. The Kier molecular flexibility index (Phi) is 11.8. The molecule has 1 unspecified atom stereocenters. The van der Waals surface area contributed by atoms with Crippen molar-refractivity contribution in [2.45, 2.75) is 44.9 Å². The molecule has 5 rings (SSSR count). The van der Waals surface area contributed by atoms with Crippen molar-refractivity contribution in [3.05, 3.63) is 149 Å². The van der Waals surface area contributed by atoms with Crippen LogP contribution in [0.5, 0.6) is 0 Å². The molecule has 0 amide bonds. The van der Waals surface area contributed by atoms with E-state index in [1.807, 2.05) is 60.8 Å². The second-order valence-corrected chi connectivity index (χ2v) is 10.6. The molecule has 0 saturated carbocycles. The molecule has 1 aliphatic heterocycles. The molecule has 3 atom stereocenters. The second kappa shape index (κ2) is 16.1. The minimum atomic E-state index is -0.371. The fourth-order valence-corrected chi connectivity index (χ4v) is 5.30. The van der Waals surface area contributed by atoms with E-state index >= 15 is 0 Å². The quantitative estimate of drug-likeness (QED) is 0.113. The molecule has 4 aromatic carbocycles. The largest absolute Gasteiger partial charge is 0.469 e. The molecule has 0 aliphatic carbocycles. The Hall–Kier alpha value is -4.81.